The number of carboxylic acid groups (broad SMARTS) is 1. The Kier molecular flexibility index (Phi) is 6.54. The molecule has 0 aliphatic carbocycles. The summed E-state index contributed by atoms with van der Waals surface area (Å²) in [6.07, 6.45) is 0.0759. The molecule has 0 saturated heterocycles. The molecule has 0 unspecified atom stereocenters. The van der Waals surface area contributed by atoms with Crippen LogP contribution >= 0.6 is 0 Å². The Morgan fingerprint density at radius 3 is 2.64 bits per heavy atom. The van der Waals surface area contributed by atoms with Crippen LogP contribution in [-0.4, -0.2) is 37.3 Å². The summed E-state index contributed by atoms with van der Waals surface area (Å²) in [7, 11) is 1.59. The van der Waals surface area contributed by atoms with E-state index in [1.54, 1.807) is 25.3 Å². The standard InChI is InChI=1S/C19H21NO5/c1-13-6-7-16(17(10-13)25-9-8-24-2)20-18(21)12-14-4-3-5-15(11-14)19(22)23/h3-7,10-11H,8-9,12H2,1-2H3,(H,20,21)(H,22,23). The first-order chi connectivity index (χ1) is 12.0. The van der Waals surface area contributed by atoms with Gasteiger partial charge in [-0.1, -0.05) is 18.2 Å². The van der Waals surface area contributed by atoms with Crippen LogP contribution in [0.2, 0.25) is 0 Å². The highest BCUT2D eigenvalue weighted by Gasteiger charge is 2.11. The maximum absolute atomic E-state index is 12.3. The Bertz CT molecular complexity index is 757. The molecule has 0 aliphatic heterocycles. The maximum Gasteiger partial charge on any atom is 0.335 e. The molecule has 2 aromatic rings. The number of rotatable bonds is 8. The molecule has 0 spiro atoms. The number of carbonyl (C=O) groups is 2. The normalized spacial score (nSPS) is 10.3. The minimum Gasteiger partial charge on any atom is -0.489 e. The third-order valence-electron chi connectivity index (χ3n) is 3.49. The van der Waals surface area contributed by atoms with E-state index < -0.39 is 5.97 Å². The lowest BCUT2D eigenvalue weighted by Gasteiger charge is -2.13. The van der Waals surface area contributed by atoms with Crippen LogP contribution < -0.4 is 10.1 Å². The van der Waals surface area contributed by atoms with Crippen LogP contribution in [0.15, 0.2) is 42.5 Å². The van der Waals surface area contributed by atoms with Gasteiger partial charge in [-0.25, -0.2) is 4.79 Å². The summed E-state index contributed by atoms with van der Waals surface area (Å²) in [4.78, 5) is 23.3. The lowest BCUT2D eigenvalue weighted by molar-refractivity contribution is -0.115. The van der Waals surface area contributed by atoms with Gasteiger partial charge in [-0.2, -0.15) is 0 Å². The van der Waals surface area contributed by atoms with Crippen molar-refractivity contribution in [1.82, 2.24) is 0 Å². The molecule has 0 bridgehead atoms. The zero-order valence-corrected chi connectivity index (χ0v) is 14.2. The molecule has 0 aliphatic rings. The smallest absolute Gasteiger partial charge is 0.335 e. The van der Waals surface area contributed by atoms with Crippen LogP contribution in [0.4, 0.5) is 5.69 Å². The van der Waals surface area contributed by atoms with E-state index in [4.69, 9.17) is 14.6 Å². The molecule has 0 fully saturated rings. The minimum atomic E-state index is -1.02. The van der Waals surface area contributed by atoms with Gasteiger partial charge in [-0.3, -0.25) is 4.79 Å². The molecule has 6 nitrogen and oxygen atoms in total. The molecule has 0 heterocycles. The lowest BCUT2D eigenvalue weighted by Crippen LogP contribution is -2.16. The largest absolute Gasteiger partial charge is 0.489 e. The quantitative estimate of drug-likeness (QED) is 0.720. The molecule has 132 valence electrons. The topological polar surface area (TPSA) is 84.9 Å². The first kappa shape index (κ1) is 18.5. The number of amides is 1. The molecule has 2 N–H and O–H groups in total. The average molecular weight is 343 g/mol. The highest BCUT2D eigenvalue weighted by atomic mass is 16.5. The summed E-state index contributed by atoms with van der Waals surface area (Å²) in [6.45, 7) is 2.76. The van der Waals surface area contributed by atoms with Gasteiger partial charge in [0.1, 0.15) is 12.4 Å². The number of nitrogens with one attached hydrogen (secondary N) is 1. The van der Waals surface area contributed by atoms with Crippen molar-refractivity contribution in [3.63, 3.8) is 0 Å². The van der Waals surface area contributed by atoms with Gasteiger partial charge in [0.05, 0.1) is 24.3 Å². The number of anilines is 1. The monoisotopic (exact) mass is 343 g/mol. The Balaban J connectivity index is 2.07. The highest BCUT2D eigenvalue weighted by molar-refractivity contribution is 5.94. The van der Waals surface area contributed by atoms with Crippen molar-refractivity contribution in [2.24, 2.45) is 0 Å². The van der Waals surface area contributed by atoms with E-state index in [0.717, 1.165) is 5.56 Å². The molecule has 2 rings (SSSR count). The second-order valence-corrected chi connectivity index (χ2v) is 5.57. The average Bonchev–Trinajstić information content (AvgIpc) is 2.57. The molecule has 0 aromatic heterocycles. The molecule has 0 atom stereocenters. The van der Waals surface area contributed by atoms with E-state index in [2.05, 4.69) is 5.32 Å². The molecular formula is C19H21NO5. The van der Waals surface area contributed by atoms with Crippen LogP contribution in [-0.2, 0) is 16.0 Å². The predicted molar refractivity (Wildman–Crippen MR) is 94.3 cm³/mol. The van der Waals surface area contributed by atoms with E-state index >= 15 is 0 Å². The second kappa shape index (κ2) is 8.84. The van der Waals surface area contributed by atoms with Crippen LogP contribution in [0.3, 0.4) is 0 Å². The fourth-order valence-corrected chi connectivity index (χ4v) is 2.28. The highest BCUT2D eigenvalue weighted by Crippen LogP contribution is 2.26. The van der Waals surface area contributed by atoms with E-state index in [9.17, 15) is 9.59 Å². The van der Waals surface area contributed by atoms with Crippen molar-refractivity contribution in [3.05, 3.63) is 59.2 Å². The third kappa shape index (κ3) is 5.61. The van der Waals surface area contributed by atoms with Gasteiger partial charge in [0, 0.05) is 7.11 Å². The molecule has 2 aromatic carbocycles. The fraction of sp³-hybridized carbons (Fsp3) is 0.263. The Hall–Kier alpha value is -2.86. The maximum atomic E-state index is 12.3. The Morgan fingerprint density at radius 1 is 1.12 bits per heavy atom. The number of aryl methyl sites for hydroxylation is 1. The summed E-state index contributed by atoms with van der Waals surface area (Å²) < 4.78 is 10.6. The van der Waals surface area contributed by atoms with Crippen LogP contribution in [0.5, 0.6) is 5.75 Å². The number of ether oxygens (including phenoxy) is 2. The first-order valence-corrected chi connectivity index (χ1v) is 7.84. The van der Waals surface area contributed by atoms with E-state index in [1.807, 2.05) is 19.1 Å². The van der Waals surface area contributed by atoms with Crippen molar-refractivity contribution >= 4 is 17.6 Å². The molecule has 1 amide bonds. The van der Waals surface area contributed by atoms with Crippen molar-refractivity contribution in [1.29, 1.82) is 0 Å². The predicted octanol–water partition coefficient (Wildman–Crippen LogP) is 2.90. The van der Waals surface area contributed by atoms with Gasteiger partial charge in [-0.05, 0) is 42.3 Å². The van der Waals surface area contributed by atoms with Gasteiger partial charge < -0.3 is 19.9 Å². The number of hydrogen-bond donors (Lipinski definition) is 2. The summed E-state index contributed by atoms with van der Waals surface area (Å²) in [5.41, 5.74) is 2.37. The third-order valence-corrected chi connectivity index (χ3v) is 3.49. The van der Waals surface area contributed by atoms with E-state index in [0.29, 0.717) is 30.2 Å². The number of benzene rings is 2. The van der Waals surface area contributed by atoms with Crippen molar-refractivity contribution in [3.8, 4) is 5.75 Å². The second-order valence-electron chi connectivity index (χ2n) is 5.57. The molecular weight excluding hydrogens is 322 g/mol. The van der Waals surface area contributed by atoms with Crippen LogP contribution in [0, 0.1) is 6.92 Å². The van der Waals surface area contributed by atoms with Gasteiger partial charge >= 0.3 is 5.97 Å². The van der Waals surface area contributed by atoms with Crippen LogP contribution in [0.25, 0.3) is 0 Å². The Morgan fingerprint density at radius 2 is 1.92 bits per heavy atom. The van der Waals surface area contributed by atoms with Gasteiger partial charge in [0.25, 0.3) is 0 Å². The summed E-state index contributed by atoms with van der Waals surface area (Å²) in [5.74, 6) is -0.692. The number of aromatic carboxylic acids is 1. The van der Waals surface area contributed by atoms with Crippen molar-refractivity contribution in [2.75, 3.05) is 25.6 Å². The number of carboxylic acids is 1. The van der Waals surface area contributed by atoms with E-state index in [1.165, 1.54) is 12.1 Å². The fourth-order valence-electron chi connectivity index (χ4n) is 2.28. The number of hydrogen-bond acceptors (Lipinski definition) is 4. The Labute approximate surface area is 146 Å². The van der Waals surface area contributed by atoms with Gasteiger partial charge in [-0.15, -0.1) is 0 Å². The van der Waals surface area contributed by atoms with Crippen LogP contribution in [0.1, 0.15) is 21.5 Å². The SMILES string of the molecule is COCCOc1cc(C)ccc1NC(=O)Cc1cccc(C(=O)O)c1. The summed E-state index contributed by atoms with van der Waals surface area (Å²) in [6, 6.07) is 11.8. The molecule has 0 saturated carbocycles. The first-order valence-electron chi connectivity index (χ1n) is 7.84. The number of methoxy groups -OCH3 is 1. The molecule has 0 radical (unpaired) electrons. The minimum absolute atomic E-state index is 0.0759. The zero-order chi connectivity index (χ0) is 18.2. The summed E-state index contributed by atoms with van der Waals surface area (Å²) in [5, 5.41) is 11.8. The molecule has 6 heteroatoms. The van der Waals surface area contributed by atoms with Gasteiger partial charge in [0.15, 0.2) is 0 Å². The van der Waals surface area contributed by atoms with E-state index in [-0.39, 0.29) is 17.9 Å². The zero-order valence-electron chi connectivity index (χ0n) is 14.2. The van der Waals surface area contributed by atoms with Gasteiger partial charge in [0.2, 0.25) is 5.91 Å². The lowest BCUT2D eigenvalue weighted by atomic mass is 10.1. The van der Waals surface area contributed by atoms with Crippen molar-refractivity contribution in [2.45, 2.75) is 13.3 Å². The number of carbonyl (C=O) groups excluding carboxylic acids is 1. The molecule has 25 heavy (non-hydrogen) atoms. The summed E-state index contributed by atoms with van der Waals surface area (Å²) >= 11 is 0. The van der Waals surface area contributed by atoms with Crippen molar-refractivity contribution < 1.29 is 24.2 Å².